The van der Waals surface area contributed by atoms with E-state index in [1.807, 2.05) is 22.6 Å². The molecule has 3 aliphatic heterocycles. The number of piperidine rings is 3. The molecule has 6 heteroatoms. The van der Waals surface area contributed by atoms with Crippen LogP contribution in [-0.4, -0.2) is 59.1 Å². The summed E-state index contributed by atoms with van der Waals surface area (Å²) >= 11 is 0. The van der Waals surface area contributed by atoms with E-state index in [1.165, 1.54) is 37.8 Å². The minimum absolute atomic E-state index is 0.108. The van der Waals surface area contributed by atoms with E-state index in [-0.39, 0.29) is 22.9 Å². The van der Waals surface area contributed by atoms with Crippen LogP contribution in [0.5, 0.6) is 5.75 Å². The van der Waals surface area contributed by atoms with E-state index >= 15 is 0 Å². The highest BCUT2D eigenvalue weighted by Gasteiger charge is 2.47. The van der Waals surface area contributed by atoms with E-state index in [2.05, 4.69) is 11.0 Å². The summed E-state index contributed by atoms with van der Waals surface area (Å²) in [6.45, 7) is 3.01. The number of likely N-dealkylation sites (tertiary alicyclic amines) is 1. The number of ether oxygens (including phenoxy) is 1. The van der Waals surface area contributed by atoms with Crippen molar-refractivity contribution in [3.8, 4) is 5.75 Å². The Kier molecular flexibility index (Phi) is 5.09. The number of carbonyl (C=O) groups is 1. The van der Waals surface area contributed by atoms with Gasteiger partial charge in [-0.25, -0.2) is 0 Å². The first kappa shape index (κ1) is 21.0. The Morgan fingerprint density at radius 1 is 1.15 bits per heavy atom. The maximum atomic E-state index is 13.9. The number of aromatic nitrogens is 1. The zero-order valence-electron chi connectivity index (χ0n) is 19.6. The summed E-state index contributed by atoms with van der Waals surface area (Å²) < 4.78 is 7.20. The summed E-state index contributed by atoms with van der Waals surface area (Å²) in [6, 6.07) is 6.25. The van der Waals surface area contributed by atoms with Gasteiger partial charge in [-0.2, -0.15) is 0 Å². The number of hydrogen-bond donors (Lipinski definition) is 0. The molecule has 1 aromatic heterocycles. The molecule has 1 amide bonds. The van der Waals surface area contributed by atoms with Crippen molar-refractivity contribution < 1.29 is 9.53 Å². The van der Waals surface area contributed by atoms with E-state index in [9.17, 15) is 9.59 Å². The van der Waals surface area contributed by atoms with E-state index in [1.54, 1.807) is 25.4 Å². The minimum atomic E-state index is -0.180. The number of carbonyl (C=O) groups excluding carboxylic acids is 1. The SMILES string of the molecule is COc1ccc2c(=O)c(C(=O)N3CCCC4=C[C@H]5C[C@@H](CN6CCCC[C@@H]56)[C@@H]43)cn(C)c2c1. The van der Waals surface area contributed by atoms with Crippen molar-refractivity contribution in [2.45, 2.75) is 50.6 Å². The van der Waals surface area contributed by atoms with Crippen molar-refractivity contribution in [3.05, 3.63) is 51.8 Å². The van der Waals surface area contributed by atoms with Crippen molar-refractivity contribution in [2.75, 3.05) is 26.7 Å². The zero-order chi connectivity index (χ0) is 22.7. The highest BCUT2D eigenvalue weighted by atomic mass is 16.5. The van der Waals surface area contributed by atoms with Crippen LogP contribution in [0.3, 0.4) is 0 Å². The van der Waals surface area contributed by atoms with Gasteiger partial charge in [0, 0.05) is 43.8 Å². The Bertz CT molecular complexity index is 1200. The molecule has 4 heterocycles. The summed E-state index contributed by atoms with van der Waals surface area (Å²) in [6.07, 6.45) is 11.4. The van der Waals surface area contributed by atoms with Gasteiger partial charge >= 0.3 is 0 Å². The van der Waals surface area contributed by atoms with Gasteiger partial charge in [-0.3, -0.25) is 14.5 Å². The lowest BCUT2D eigenvalue weighted by Crippen LogP contribution is -2.60. The number of pyridine rings is 1. The standard InChI is InChI=1S/C27H33N3O3/c1-28-16-22(26(31)21-9-8-20(33-2)14-24(21)28)27(32)30-11-5-6-17-12-18-13-19(25(17)30)15-29-10-4-3-7-23(18)29/h8-9,12,14,16,18-19,23,25H,3-7,10-11,13,15H2,1-2H3/t18-,19-,23-,25+/m0/s1. The smallest absolute Gasteiger partial charge is 0.259 e. The summed E-state index contributed by atoms with van der Waals surface area (Å²) in [7, 11) is 3.51. The Balaban J connectivity index is 1.37. The Morgan fingerprint density at radius 2 is 2.03 bits per heavy atom. The van der Waals surface area contributed by atoms with E-state index in [0.717, 1.165) is 31.4 Å². The van der Waals surface area contributed by atoms with Crippen LogP contribution in [0.4, 0.5) is 0 Å². The van der Waals surface area contributed by atoms with Crippen molar-refractivity contribution in [1.82, 2.24) is 14.4 Å². The molecule has 174 valence electrons. The van der Waals surface area contributed by atoms with Gasteiger partial charge in [-0.05, 0) is 62.6 Å². The van der Waals surface area contributed by atoms with Gasteiger partial charge in [-0.1, -0.05) is 18.1 Å². The van der Waals surface area contributed by atoms with E-state index < -0.39 is 0 Å². The van der Waals surface area contributed by atoms with Crippen molar-refractivity contribution in [1.29, 1.82) is 0 Å². The number of hydrogen-bond acceptors (Lipinski definition) is 4. The van der Waals surface area contributed by atoms with Gasteiger partial charge in [0.05, 0.1) is 18.7 Å². The molecule has 4 atom stereocenters. The summed E-state index contributed by atoms with van der Waals surface area (Å²) in [5, 5.41) is 0.564. The average Bonchev–Trinajstić information content (AvgIpc) is 2.85. The lowest BCUT2D eigenvalue weighted by atomic mass is 9.68. The molecular formula is C27H33N3O3. The fourth-order valence-electron chi connectivity index (χ4n) is 7.10. The molecular weight excluding hydrogens is 414 g/mol. The topological polar surface area (TPSA) is 54.8 Å². The largest absolute Gasteiger partial charge is 0.497 e. The first-order valence-electron chi connectivity index (χ1n) is 12.5. The van der Waals surface area contributed by atoms with Gasteiger partial charge in [0.25, 0.3) is 5.91 Å². The Hall–Kier alpha value is -2.60. The third kappa shape index (κ3) is 3.33. The summed E-state index contributed by atoms with van der Waals surface area (Å²) in [5.74, 6) is 1.70. The number of aryl methyl sites for hydroxylation is 1. The molecule has 0 radical (unpaired) electrons. The molecule has 1 aromatic carbocycles. The Morgan fingerprint density at radius 3 is 2.88 bits per heavy atom. The van der Waals surface area contributed by atoms with E-state index in [4.69, 9.17) is 4.74 Å². The van der Waals surface area contributed by atoms with E-state index in [0.29, 0.717) is 29.0 Å². The number of benzene rings is 1. The fraction of sp³-hybridized carbons (Fsp3) is 0.556. The van der Waals surface area contributed by atoms with Crippen LogP contribution in [-0.2, 0) is 7.05 Å². The molecule has 2 bridgehead atoms. The molecule has 4 aliphatic rings. The highest BCUT2D eigenvalue weighted by molar-refractivity contribution is 5.98. The van der Waals surface area contributed by atoms with Crippen LogP contribution >= 0.6 is 0 Å². The van der Waals surface area contributed by atoms with Crippen LogP contribution in [0.2, 0.25) is 0 Å². The molecule has 0 spiro atoms. The van der Waals surface area contributed by atoms with Crippen LogP contribution < -0.4 is 10.2 Å². The monoisotopic (exact) mass is 447 g/mol. The number of nitrogens with zero attached hydrogens (tertiary/aromatic N) is 3. The summed E-state index contributed by atoms with van der Waals surface area (Å²) in [4.78, 5) is 32.0. The number of amides is 1. The van der Waals surface area contributed by atoms with Gasteiger partial charge in [0.15, 0.2) is 0 Å². The average molecular weight is 448 g/mol. The maximum absolute atomic E-state index is 13.9. The molecule has 33 heavy (non-hydrogen) atoms. The van der Waals surface area contributed by atoms with Crippen LogP contribution in [0, 0.1) is 11.8 Å². The van der Waals surface area contributed by atoms with Crippen molar-refractivity contribution in [2.24, 2.45) is 18.9 Å². The number of methoxy groups -OCH3 is 1. The Labute approximate surface area is 194 Å². The predicted octanol–water partition coefficient (Wildman–Crippen LogP) is 3.58. The second-order valence-corrected chi connectivity index (χ2v) is 10.4. The molecule has 3 saturated heterocycles. The highest BCUT2D eigenvalue weighted by Crippen LogP contribution is 2.45. The molecule has 6 rings (SSSR count). The molecule has 0 unspecified atom stereocenters. The molecule has 0 N–H and O–H groups in total. The lowest BCUT2D eigenvalue weighted by Gasteiger charge is -2.54. The van der Waals surface area contributed by atoms with Crippen LogP contribution in [0.15, 0.2) is 40.8 Å². The van der Waals surface area contributed by atoms with Crippen LogP contribution in [0.1, 0.15) is 48.9 Å². The van der Waals surface area contributed by atoms with Gasteiger partial charge in [0.2, 0.25) is 5.43 Å². The second kappa shape index (κ2) is 8.01. The first-order valence-corrected chi connectivity index (χ1v) is 12.5. The second-order valence-electron chi connectivity index (χ2n) is 10.4. The molecule has 0 saturated carbocycles. The lowest BCUT2D eigenvalue weighted by molar-refractivity contribution is 0.00142. The number of fused-ring (bicyclic) bond motifs is 7. The predicted molar refractivity (Wildman–Crippen MR) is 129 cm³/mol. The minimum Gasteiger partial charge on any atom is -0.497 e. The maximum Gasteiger partial charge on any atom is 0.259 e. The fourth-order valence-corrected chi connectivity index (χ4v) is 7.10. The molecule has 3 fully saturated rings. The molecule has 6 nitrogen and oxygen atoms in total. The van der Waals surface area contributed by atoms with Crippen LogP contribution in [0.25, 0.3) is 10.9 Å². The quantitative estimate of drug-likeness (QED) is 0.661. The van der Waals surface area contributed by atoms with Crippen molar-refractivity contribution in [3.63, 3.8) is 0 Å². The van der Waals surface area contributed by atoms with Crippen molar-refractivity contribution >= 4 is 16.8 Å². The zero-order valence-corrected chi connectivity index (χ0v) is 19.6. The van der Waals surface area contributed by atoms with Gasteiger partial charge in [0.1, 0.15) is 11.3 Å². The van der Waals surface area contributed by atoms with Gasteiger partial charge < -0.3 is 14.2 Å². The molecule has 2 aromatic rings. The third-order valence-corrected chi connectivity index (χ3v) is 8.55. The molecule has 1 aliphatic carbocycles. The summed E-state index contributed by atoms with van der Waals surface area (Å²) in [5.41, 5.74) is 2.33. The normalized spacial score (nSPS) is 29.3. The third-order valence-electron chi connectivity index (χ3n) is 8.55. The first-order chi connectivity index (χ1) is 16.0. The number of rotatable bonds is 2. The van der Waals surface area contributed by atoms with Gasteiger partial charge in [-0.15, -0.1) is 0 Å².